The van der Waals surface area contributed by atoms with Crippen LogP contribution >= 0.6 is 0 Å². The van der Waals surface area contributed by atoms with E-state index >= 15 is 0 Å². The highest BCUT2D eigenvalue weighted by molar-refractivity contribution is 5.92. The summed E-state index contributed by atoms with van der Waals surface area (Å²) in [5.74, 6) is -0.409. The lowest BCUT2D eigenvalue weighted by Crippen LogP contribution is -2.21. The highest BCUT2D eigenvalue weighted by Crippen LogP contribution is 2.21. The molecule has 0 atom stereocenters. The smallest absolute Gasteiger partial charge is 0.306 e. The summed E-state index contributed by atoms with van der Waals surface area (Å²) in [5, 5.41) is 2.70. The fourth-order valence-corrected chi connectivity index (χ4v) is 2.67. The highest BCUT2D eigenvalue weighted by atomic mass is 19.1. The van der Waals surface area contributed by atoms with E-state index in [1.807, 2.05) is 25.1 Å². The quantitative estimate of drug-likeness (QED) is 0.578. The summed E-state index contributed by atoms with van der Waals surface area (Å²) in [6.07, 6.45) is 2.65. The molecular weight excluding hydrogens is 375 g/mol. The Morgan fingerprint density at radius 2 is 1.97 bits per heavy atom. The third kappa shape index (κ3) is 6.00. The fraction of sp³-hybridized carbons (Fsp3) is 0.227. The Kier molecular flexibility index (Phi) is 6.73. The normalized spacial score (nSPS) is 10.6. The van der Waals surface area contributed by atoms with E-state index in [1.165, 1.54) is 18.3 Å². The zero-order valence-corrected chi connectivity index (χ0v) is 16.0. The summed E-state index contributed by atoms with van der Waals surface area (Å²) in [6, 6.07) is 13.3. The number of ether oxygens (including phenoxy) is 1. The van der Waals surface area contributed by atoms with Gasteiger partial charge in [0.05, 0.1) is 12.6 Å². The SMILES string of the molecule is CCc1cccc(NC(=O)COC(=O)CCc2ncc(-c3ccc(F)cc3)o2)c1. The number of aromatic nitrogens is 1. The van der Waals surface area contributed by atoms with E-state index in [4.69, 9.17) is 9.15 Å². The van der Waals surface area contributed by atoms with Crippen molar-refractivity contribution in [3.05, 3.63) is 72.0 Å². The van der Waals surface area contributed by atoms with Gasteiger partial charge in [0.1, 0.15) is 5.82 Å². The van der Waals surface area contributed by atoms with Gasteiger partial charge in [-0.1, -0.05) is 19.1 Å². The number of rotatable bonds is 8. The van der Waals surface area contributed by atoms with E-state index in [0.29, 0.717) is 22.9 Å². The average molecular weight is 396 g/mol. The number of nitrogens with one attached hydrogen (secondary N) is 1. The first-order valence-corrected chi connectivity index (χ1v) is 9.28. The van der Waals surface area contributed by atoms with E-state index < -0.39 is 11.9 Å². The molecule has 2 aromatic carbocycles. The van der Waals surface area contributed by atoms with E-state index in [0.717, 1.165) is 12.0 Å². The molecule has 0 aliphatic carbocycles. The molecule has 1 N–H and O–H groups in total. The second kappa shape index (κ2) is 9.64. The number of carbonyl (C=O) groups is 2. The first-order chi connectivity index (χ1) is 14.0. The molecule has 6 nitrogen and oxygen atoms in total. The number of halogens is 1. The van der Waals surface area contributed by atoms with Gasteiger partial charge in [-0.3, -0.25) is 9.59 Å². The molecule has 0 bridgehead atoms. The van der Waals surface area contributed by atoms with Gasteiger partial charge in [0.2, 0.25) is 0 Å². The largest absolute Gasteiger partial charge is 0.456 e. The molecule has 0 aliphatic rings. The Morgan fingerprint density at radius 1 is 1.17 bits per heavy atom. The standard InChI is InChI=1S/C22H21FN2O4/c1-2-15-4-3-5-18(12-15)25-20(26)14-28-22(27)11-10-21-24-13-19(29-21)16-6-8-17(23)9-7-16/h3-9,12-13H,2,10-11,14H2,1H3,(H,25,26). The van der Waals surface area contributed by atoms with E-state index in [1.54, 1.807) is 18.2 Å². The van der Waals surface area contributed by atoms with Crippen molar-refractivity contribution in [1.29, 1.82) is 0 Å². The summed E-state index contributed by atoms with van der Waals surface area (Å²) in [7, 11) is 0. The molecule has 1 heterocycles. The molecule has 0 saturated heterocycles. The van der Waals surface area contributed by atoms with Crippen molar-refractivity contribution in [1.82, 2.24) is 4.98 Å². The molecule has 29 heavy (non-hydrogen) atoms. The minimum Gasteiger partial charge on any atom is -0.456 e. The maximum Gasteiger partial charge on any atom is 0.306 e. The van der Waals surface area contributed by atoms with Crippen LogP contribution in [0.4, 0.5) is 10.1 Å². The molecule has 7 heteroatoms. The van der Waals surface area contributed by atoms with Crippen LogP contribution in [0.1, 0.15) is 24.8 Å². The van der Waals surface area contributed by atoms with Crippen LogP contribution in [0.25, 0.3) is 11.3 Å². The second-order valence-electron chi connectivity index (χ2n) is 6.39. The van der Waals surface area contributed by atoms with Crippen LogP contribution < -0.4 is 5.32 Å². The zero-order valence-electron chi connectivity index (χ0n) is 16.0. The third-order valence-corrected chi connectivity index (χ3v) is 4.21. The molecule has 0 unspecified atom stereocenters. The second-order valence-corrected chi connectivity index (χ2v) is 6.39. The van der Waals surface area contributed by atoms with Crippen molar-refractivity contribution in [3.8, 4) is 11.3 Å². The van der Waals surface area contributed by atoms with Crippen molar-refractivity contribution in [2.45, 2.75) is 26.2 Å². The van der Waals surface area contributed by atoms with Gasteiger partial charge < -0.3 is 14.5 Å². The number of hydrogen-bond acceptors (Lipinski definition) is 5. The molecule has 3 rings (SSSR count). The molecular formula is C22H21FN2O4. The van der Waals surface area contributed by atoms with Crippen LogP contribution in [0.2, 0.25) is 0 Å². The minimum atomic E-state index is -0.524. The highest BCUT2D eigenvalue weighted by Gasteiger charge is 2.12. The number of esters is 1. The van der Waals surface area contributed by atoms with Crippen LogP contribution in [0.5, 0.6) is 0 Å². The molecule has 0 spiro atoms. The molecule has 3 aromatic rings. The summed E-state index contributed by atoms with van der Waals surface area (Å²) in [6.45, 7) is 1.67. The van der Waals surface area contributed by atoms with Gasteiger partial charge in [0.15, 0.2) is 18.3 Å². The fourth-order valence-electron chi connectivity index (χ4n) is 2.67. The Balaban J connectivity index is 1.43. The summed E-state index contributed by atoms with van der Waals surface area (Å²) in [4.78, 5) is 27.9. The Hall–Kier alpha value is -3.48. The van der Waals surface area contributed by atoms with Crippen molar-refractivity contribution in [2.24, 2.45) is 0 Å². The molecule has 1 amide bonds. The number of oxazole rings is 1. The molecule has 0 saturated carbocycles. The van der Waals surface area contributed by atoms with E-state index in [-0.39, 0.29) is 25.3 Å². The van der Waals surface area contributed by atoms with Crippen molar-refractivity contribution in [3.63, 3.8) is 0 Å². The van der Waals surface area contributed by atoms with Crippen LogP contribution in [0.3, 0.4) is 0 Å². The summed E-state index contributed by atoms with van der Waals surface area (Å²) < 4.78 is 23.5. The van der Waals surface area contributed by atoms with Crippen molar-refractivity contribution < 1.29 is 23.1 Å². The first kappa shape index (κ1) is 20.3. The number of carbonyl (C=O) groups excluding carboxylic acids is 2. The van der Waals surface area contributed by atoms with Crippen LogP contribution in [-0.4, -0.2) is 23.5 Å². The van der Waals surface area contributed by atoms with Gasteiger partial charge in [-0.2, -0.15) is 0 Å². The summed E-state index contributed by atoms with van der Waals surface area (Å²) >= 11 is 0. The van der Waals surface area contributed by atoms with E-state index in [2.05, 4.69) is 10.3 Å². The van der Waals surface area contributed by atoms with Crippen LogP contribution in [0, 0.1) is 5.82 Å². The Bertz CT molecular complexity index is 982. The van der Waals surface area contributed by atoms with Gasteiger partial charge in [-0.05, 0) is 48.4 Å². The number of aryl methyl sites for hydroxylation is 2. The predicted molar refractivity (Wildman–Crippen MR) is 106 cm³/mol. The van der Waals surface area contributed by atoms with Gasteiger partial charge in [-0.15, -0.1) is 0 Å². The Labute approximate surface area is 167 Å². The van der Waals surface area contributed by atoms with Crippen molar-refractivity contribution in [2.75, 3.05) is 11.9 Å². The number of benzene rings is 2. The number of anilines is 1. The topological polar surface area (TPSA) is 81.4 Å². The molecule has 0 aliphatic heterocycles. The maximum atomic E-state index is 13.0. The van der Waals surface area contributed by atoms with Crippen molar-refractivity contribution >= 4 is 17.6 Å². The predicted octanol–water partition coefficient (Wildman–Crippen LogP) is 4.16. The monoisotopic (exact) mass is 396 g/mol. The van der Waals surface area contributed by atoms with Gasteiger partial charge in [0, 0.05) is 17.7 Å². The van der Waals surface area contributed by atoms with Crippen LogP contribution in [-0.2, 0) is 27.2 Å². The lowest BCUT2D eigenvalue weighted by Gasteiger charge is -2.07. The third-order valence-electron chi connectivity index (χ3n) is 4.21. The van der Waals surface area contributed by atoms with E-state index in [9.17, 15) is 14.0 Å². The zero-order chi connectivity index (χ0) is 20.6. The lowest BCUT2D eigenvalue weighted by molar-refractivity contribution is -0.147. The maximum absolute atomic E-state index is 13.0. The number of hydrogen-bond donors (Lipinski definition) is 1. The van der Waals surface area contributed by atoms with Gasteiger partial charge in [0.25, 0.3) is 5.91 Å². The minimum absolute atomic E-state index is 0.0297. The van der Waals surface area contributed by atoms with Gasteiger partial charge in [-0.25, -0.2) is 9.37 Å². The number of nitrogens with zero attached hydrogens (tertiary/aromatic N) is 1. The molecule has 0 radical (unpaired) electrons. The Morgan fingerprint density at radius 3 is 2.72 bits per heavy atom. The van der Waals surface area contributed by atoms with Crippen LogP contribution in [0.15, 0.2) is 59.1 Å². The number of amides is 1. The molecule has 150 valence electrons. The molecule has 1 aromatic heterocycles. The summed E-state index contributed by atoms with van der Waals surface area (Å²) in [5.41, 5.74) is 2.46. The van der Waals surface area contributed by atoms with Gasteiger partial charge >= 0.3 is 5.97 Å². The average Bonchev–Trinajstić information content (AvgIpc) is 3.20. The first-order valence-electron chi connectivity index (χ1n) is 9.28. The molecule has 0 fully saturated rings. The lowest BCUT2D eigenvalue weighted by atomic mass is 10.1.